The Morgan fingerprint density at radius 3 is 2.55 bits per heavy atom. The van der Waals surface area contributed by atoms with Gasteiger partial charge in [0.1, 0.15) is 0 Å². The summed E-state index contributed by atoms with van der Waals surface area (Å²) in [7, 11) is 0. The van der Waals surface area contributed by atoms with Gasteiger partial charge in [0.2, 0.25) is 0 Å². The van der Waals surface area contributed by atoms with Gasteiger partial charge in [0.15, 0.2) is 11.5 Å². The lowest BCUT2D eigenvalue weighted by Crippen LogP contribution is -2.18. The molecule has 1 aromatic carbocycles. The van der Waals surface area contributed by atoms with E-state index in [4.69, 9.17) is 26.2 Å². The van der Waals surface area contributed by atoms with E-state index < -0.39 is 0 Å². The van der Waals surface area contributed by atoms with Crippen molar-refractivity contribution in [3.8, 4) is 11.5 Å². The Hall–Kier alpha value is -0.680. The zero-order valence-corrected chi connectivity index (χ0v) is 13.7. The summed E-state index contributed by atoms with van der Waals surface area (Å²) in [5, 5.41) is 12.5. The highest BCUT2D eigenvalue weighted by atomic mass is 35.5. The van der Waals surface area contributed by atoms with Gasteiger partial charge >= 0.3 is 0 Å². The molecule has 0 radical (unpaired) electrons. The fourth-order valence-electron chi connectivity index (χ4n) is 1.63. The molecule has 0 aliphatic heterocycles. The van der Waals surface area contributed by atoms with Crippen LogP contribution in [0.5, 0.6) is 11.5 Å². The monoisotopic (exact) mass is 323 g/mol. The van der Waals surface area contributed by atoms with E-state index in [-0.39, 0.29) is 25.1 Å². The number of aliphatic hydroxyl groups excluding tert-OH is 1. The summed E-state index contributed by atoms with van der Waals surface area (Å²) in [4.78, 5) is 0. The number of ether oxygens (including phenoxy) is 2. The van der Waals surface area contributed by atoms with Crippen molar-refractivity contribution in [3.63, 3.8) is 0 Å². The Kier molecular flexibility index (Phi) is 9.76. The van der Waals surface area contributed by atoms with E-state index in [1.807, 2.05) is 26.8 Å². The van der Waals surface area contributed by atoms with E-state index in [0.29, 0.717) is 36.2 Å². The molecule has 0 saturated carbocycles. The summed E-state index contributed by atoms with van der Waals surface area (Å²) in [6.07, 6.45) is 0.0636. The predicted octanol–water partition coefficient (Wildman–Crippen LogP) is 3.03. The highest BCUT2D eigenvalue weighted by molar-refractivity contribution is 6.31. The van der Waals surface area contributed by atoms with Crippen molar-refractivity contribution in [2.75, 3.05) is 19.8 Å². The minimum absolute atomic E-state index is 0. The van der Waals surface area contributed by atoms with Crippen LogP contribution < -0.4 is 14.8 Å². The number of aliphatic hydroxyl groups is 1. The van der Waals surface area contributed by atoms with Gasteiger partial charge in [0.25, 0.3) is 0 Å². The average Bonchev–Trinajstić information content (AvgIpc) is 2.34. The van der Waals surface area contributed by atoms with Gasteiger partial charge in [-0.2, -0.15) is 0 Å². The van der Waals surface area contributed by atoms with Crippen LogP contribution in [0.15, 0.2) is 12.1 Å². The van der Waals surface area contributed by atoms with Gasteiger partial charge in [0, 0.05) is 24.2 Å². The van der Waals surface area contributed by atoms with Crippen molar-refractivity contribution in [2.45, 2.75) is 33.4 Å². The quantitative estimate of drug-likeness (QED) is 0.722. The van der Waals surface area contributed by atoms with E-state index in [9.17, 15) is 0 Å². The summed E-state index contributed by atoms with van der Waals surface area (Å²) in [5.41, 5.74) is 0.926. The number of benzene rings is 1. The molecule has 1 rings (SSSR count). The molecule has 6 heteroatoms. The van der Waals surface area contributed by atoms with Crippen molar-refractivity contribution >= 4 is 24.0 Å². The maximum Gasteiger partial charge on any atom is 0.163 e. The van der Waals surface area contributed by atoms with Gasteiger partial charge in [-0.3, -0.25) is 0 Å². The molecule has 0 aliphatic carbocycles. The van der Waals surface area contributed by atoms with Crippen LogP contribution in [0.4, 0.5) is 0 Å². The third-order valence-corrected chi connectivity index (χ3v) is 2.73. The largest absolute Gasteiger partial charge is 0.490 e. The van der Waals surface area contributed by atoms with Crippen LogP contribution in [0.3, 0.4) is 0 Å². The lowest BCUT2D eigenvalue weighted by atomic mass is 10.2. The van der Waals surface area contributed by atoms with Crippen LogP contribution in [0, 0.1) is 0 Å². The Morgan fingerprint density at radius 2 is 2.00 bits per heavy atom. The van der Waals surface area contributed by atoms with Crippen molar-refractivity contribution in [1.82, 2.24) is 5.32 Å². The SMILES string of the molecule is CCOc1cc(CNCCO)c(Cl)cc1OC(C)C.Cl. The molecule has 4 nitrogen and oxygen atoms in total. The van der Waals surface area contributed by atoms with E-state index in [0.717, 1.165) is 5.56 Å². The highest BCUT2D eigenvalue weighted by Crippen LogP contribution is 2.34. The lowest BCUT2D eigenvalue weighted by molar-refractivity contribution is 0.223. The van der Waals surface area contributed by atoms with Crippen molar-refractivity contribution in [3.05, 3.63) is 22.7 Å². The average molecular weight is 324 g/mol. The fourth-order valence-corrected chi connectivity index (χ4v) is 1.85. The predicted molar refractivity (Wildman–Crippen MR) is 84.4 cm³/mol. The fraction of sp³-hybridized carbons (Fsp3) is 0.571. The molecule has 20 heavy (non-hydrogen) atoms. The maximum atomic E-state index is 8.76. The molecule has 0 aliphatic rings. The molecule has 0 fully saturated rings. The minimum atomic E-state index is 0. The molecule has 0 spiro atoms. The van der Waals surface area contributed by atoms with E-state index in [1.54, 1.807) is 6.07 Å². The Balaban J connectivity index is 0.00000361. The molecule has 116 valence electrons. The van der Waals surface area contributed by atoms with Gasteiger partial charge in [-0.1, -0.05) is 11.6 Å². The number of hydrogen-bond acceptors (Lipinski definition) is 4. The van der Waals surface area contributed by atoms with Crippen molar-refractivity contribution in [2.24, 2.45) is 0 Å². The van der Waals surface area contributed by atoms with E-state index in [1.165, 1.54) is 0 Å². The number of nitrogens with one attached hydrogen (secondary N) is 1. The normalized spacial score (nSPS) is 10.3. The van der Waals surface area contributed by atoms with Crippen molar-refractivity contribution < 1.29 is 14.6 Å². The number of rotatable bonds is 8. The Morgan fingerprint density at radius 1 is 1.30 bits per heavy atom. The van der Waals surface area contributed by atoms with E-state index in [2.05, 4.69) is 5.32 Å². The van der Waals surface area contributed by atoms with Crippen LogP contribution in [0.1, 0.15) is 26.3 Å². The summed E-state index contributed by atoms with van der Waals surface area (Å²) < 4.78 is 11.3. The van der Waals surface area contributed by atoms with Crippen LogP contribution in [-0.4, -0.2) is 31.0 Å². The standard InChI is InChI=1S/C14H22ClNO3.ClH/c1-4-18-13-7-11(9-16-5-6-17)12(15)8-14(13)19-10(2)3;/h7-8,10,16-17H,4-6,9H2,1-3H3;1H. The highest BCUT2D eigenvalue weighted by Gasteiger charge is 2.12. The number of halogens is 2. The zero-order chi connectivity index (χ0) is 14.3. The van der Waals surface area contributed by atoms with E-state index >= 15 is 0 Å². The zero-order valence-electron chi connectivity index (χ0n) is 12.1. The number of hydrogen-bond donors (Lipinski definition) is 2. The first-order valence-corrected chi connectivity index (χ1v) is 6.89. The molecule has 0 amide bonds. The molecular formula is C14H23Cl2NO3. The Labute approximate surface area is 131 Å². The van der Waals surface area contributed by atoms with Gasteiger partial charge in [0.05, 0.1) is 19.3 Å². The first-order valence-electron chi connectivity index (χ1n) is 6.52. The molecule has 0 aromatic heterocycles. The van der Waals surface area contributed by atoms with Gasteiger partial charge in [-0.25, -0.2) is 0 Å². The second-order valence-corrected chi connectivity index (χ2v) is 4.80. The molecule has 0 bridgehead atoms. The second kappa shape index (κ2) is 10.1. The minimum Gasteiger partial charge on any atom is -0.490 e. The third kappa shape index (κ3) is 6.18. The van der Waals surface area contributed by atoms with Crippen LogP contribution in [-0.2, 0) is 6.54 Å². The molecule has 0 heterocycles. The third-order valence-electron chi connectivity index (χ3n) is 2.38. The lowest BCUT2D eigenvalue weighted by Gasteiger charge is -2.17. The smallest absolute Gasteiger partial charge is 0.163 e. The van der Waals surface area contributed by atoms with Gasteiger partial charge < -0.3 is 19.9 Å². The summed E-state index contributed by atoms with van der Waals surface area (Å²) >= 11 is 6.23. The topological polar surface area (TPSA) is 50.7 Å². The van der Waals surface area contributed by atoms with Crippen molar-refractivity contribution in [1.29, 1.82) is 0 Å². The first-order chi connectivity index (χ1) is 9.08. The summed E-state index contributed by atoms with van der Waals surface area (Å²) in [6, 6.07) is 3.66. The Bertz CT molecular complexity index is 400. The molecule has 0 atom stereocenters. The summed E-state index contributed by atoms with van der Waals surface area (Å²) in [6.45, 7) is 7.63. The first kappa shape index (κ1) is 19.3. The molecule has 0 unspecified atom stereocenters. The maximum absolute atomic E-state index is 8.76. The van der Waals surface area contributed by atoms with Gasteiger partial charge in [-0.05, 0) is 32.4 Å². The molecular weight excluding hydrogens is 301 g/mol. The second-order valence-electron chi connectivity index (χ2n) is 4.39. The molecule has 1 aromatic rings. The van der Waals surface area contributed by atoms with Crippen LogP contribution in [0.2, 0.25) is 5.02 Å². The molecule has 2 N–H and O–H groups in total. The van der Waals surface area contributed by atoms with Gasteiger partial charge in [-0.15, -0.1) is 12.4 Å². The molecule has 0 saturated heterocycles. The van der Waals surface area contributed by atoms with Crippen LogP contribution >= 0.6 is 24.0 Å². The summed E-state index contributed by atoms with van der Waals surface area (Å²) in [5.74, 6) is 1.36. The van der Waals surface area contributed by atoms with Crippen LogP contribution in [0.25, 0.3) is 0 Å².